The SMILES string of the molecule is COc1cc(C(F)(F)F)c(F)cc1[C@H]1CCCNC1.Cl. The number of rotatable bonds is 2. The summed E-state index contributed by atoms with van der Waals surface area (Å²) in [7, 11) is 1.30. The number of alkyl halides is 3. The Bertz CT molecular complexity index is 458. The molecule has 7 heteroatoms. The highest BCUT2D eigenvalue weighted by atomic mass is 35.5. The molecule has 1 atom stereocenters. The summed E-state index contributed by atoms with van der Waals surface area (Å²) in [5.74, 6) is -1.16. The zero-order chi connectivity index (χ0) is 14.0. The van der Waals surface area contributed by atoms with Crippen molar-refractivity contribution in [1.29, 1.82) is 0 Å². The molecule has 0 saturated carbocycles. The second-order valence-electron chi connectivity index (χ2n) is 4.62. The standard InChI is InChI=1S/C13H15F4NO.ClH/c1-19-12-6-10(13(15,16)17)11(14)5-9(12)8-3-2-4-18-7-8;/h5-6,8,18H,2-4,7H2,1H3;1H/t8-;/m0./s1. The van der Waals surface area contributed by atoms with Crippen LogP contribution < -0.4 is 10.1 Å². The third-order valence-electron chi connectivity index (χ3n) is 3.36. The Balaban J connectivity index is 0.00000200. The topological polar surface area (TPSA) is 21.3 Å². The van der Waals surface area contributed by atoms with E-state index in [-0.39, 0.29) is 24.1 Å². The lowest BCUT2D eigenvalue weighted by molar-refractivity contribution is -0.140. The number of hydrogen-bond acceptors (Lipinski definition) is 2. The average Bonchev–Trinajstić information content (AvgIpc) is 2.38. The molecule has 1 aliphatic rings. The molecule has 1 aliphatic heterocycles. The van der Waals surface area contributed by atoms with Gasteiger partial charge in [-0.3, -0.25) is 0 Å². The van der Waals surface area contributed by atoms with Gasteiger partial charge in [0.25, 0.3) is 0 Å². The fourth-order valence-electron chi connectivity index (χ4n) is 2.40. The summed E-state index contributed by atoms with van der Waals surface area (Å²) in [4.78, 5) is 0. The van der Waals surface area contributed by atoms with Crippen molar-refractivity contribution in [2.75, 3.05) is 20.2 Å². The summed E-state index contributed by atoms with van der Waals surface area (Å²) in [5, 5.41) is 3.15. The molecule has 2 rings (SSSR count). The van der Waals surface area contributed by atoms with E-state index in [9.17, 15) is 17.6 Å². The van der Waals surface area contributed by atoms with Crippen LogP contribution in [0.1, 0.15) is 29.9 Å². The quantitative estimate of drug-likeness (QED) is 0.840. The summed E-state index contributed by atoms with van der Waals surface area (Å²) in [6, 6.07) is 1.71. The van der Waals surface area contributed by atoms with Gasteiger partial charge < -0.3 is 10.1 Å². The van der Waals surface area contributed by atoms with E-state index < -0.39 is 17.6 Å². The minimum absolute atomic E-state index is 0. The predicted molar refractivity (Wildman–Crippen MR) is 70.0 cm³/mol. The molecule has 2 nitrogen and oxygen atoms in total. The van der Waals surface area contributed by atoms with Gasteiger partial charge in [-0.1, -0.05) is 0 Å². The Labute approximate surface area is 120 Å². The molecule has 0 radical (unpaired) electrons. The Kier molecular flexibility index (Phi) is 5.65. The number of ether oxygens (including phenoxy) is 1. The first-order valence-corrected chi connectivity index (χ1v) is 6.09. The van der Waals surface area contributed by atoms with Gasteiger partial charge >= 0.3 is 6.18 Å². The van der Waals surface area contributed by atoms with Crippen LogP contribution in [-0.4, -0.2) is 20.2 Å². The minimum Gasteiger partial charge on any atom is -0.496 e. The van der Waals surface area contributed by atoms with Crippen LogP contribution in [0.4, 0.5) is 17.6 Å². The first kappa shape index (κ1) is 17.0. The van der Waals surface area contributed by atoms with Crippen LogP contribution >= 0.6 is 12.4 Å². The molecule has 0 aromatic heterocycles. The van der Waals surface area contributed by atoms with Crippen molar-refractivity contribution in [3.63, 3.8) is 0 Å². The Hall–Kier alpha value is -1.01. The summed E-state index contributed by atoms with van der Waals surface area (Å²) in [6.07, 6.45) is -2.98. The van der Waals surface area contributed by atoms with Crippen molar-refractivity contribution in [2.45, 2.75) is 24.9 Å². The van der Waals surface area contributed by atoms with Crippen LogP contribution in [0, 0.1) is 5.82 Å². The first-order chi connectivity index (χ1) is 8.93. The molecule has 20 heavy (non-hydrogen) atoms. The van der Waals surface area contributed by atoms with Crippen LogP contribution in [-0.2, 0) is 6.18 Å². The summed E-state index contributed by atoms with van der Waals surface area (Å²) in [5.41, 5.74) is -0.780. The van der Waals surface area contributed by atoms with Crippen molar-refractivity contribution in [3.8, 4) is 5.75 Å². The number of hydrogen-bond donors (Lipinski definition) is 1. The Morgan fingerprint density at radius 1 is 1.30 bits per heavy atom. The molecular formula is C13H16ClF4NO. The van der Waals surface area contributed by atoms with Gasteiger partial charge in [0, 0.05) is 18.0 Å². The molecule has 1 aromatic carbocycles. The van der Waals surface area contributed by atoms with E-state index in [0.717, 1.165) is 31.5 Å². The van der Waals surface area contributed by atoms with E-state index >= 15 is 0 Å². The fraction of sp³-hybridized carbons (Fsp3) is 0.538. The van der Waals surface area contributed by atoms with Gasteiger partial charge in [-0.2, -0.15) is 13.2 Å². The number of methoxy groups -OCH3 is 1. The van der Waals surface area contributed by atoms with E-state index in [1.807, 2.05) is 0 Å². The number of nitrogens with one attached hydrogen (secondary N) is 1. The van der Waals surface area contributed by atoms with Crippen molar-refractivity contribution < 1.29 is 22.3 Å². The summed E-state index contributed by atoms with van der Waals surface area (Å²) < 4.78 is 56.5. The smallest absolute Gasteiger partial charge is 0.419 e. The van der Waals surface area contributed by atoms with E-state index in [4.69, 9.17) is 4.74 Å². The second-order valence-corrected chi connectivity index (χ2v) is 4.62. The van der Waals surface area contributed by atoms with Gasteiger partial charge in [-0.05, 0) is 31.5 Å². The van der Waals surface area contributed by atoms with E-state index in [0.29, 0.717) is 12.1 Å². The van der Waals surface area contributed by atoms with Crippen molar-refractivity contribution in [1.82, 2.24) is 5.32 Å². The van der Waals surface area contributed by atoms with Gasteiger partial charge in [0.1, 0.15) is 11.6 Å². The molecule has 1 fully saturated rings. The molecule has 0 bridgehead atoms. The van der Waals surface area contributed by atoms with Crippen LogP contribution in [0.2, 0.25) is 0 Å². The first-order valence-electron chi connectivity index (χ1n) is 6.09. The normalized spacial score (nSPS) is 19.4. The molecular weight excluding hydrogens is 298 g/mol. The monoisotopic (exact) mass is 313 g/mol. The maximum absolute atomic E-state index is 13.6. The lowest BCUT2D eigenvalue weighted by atomic mass is 9.90. The average molecular weight is 314 g/mol. The van der Waals surface area contributed by atoms with E-state index in [1.54, 1.807) is 0 Å². The van der Waals surface area contributed by atoms with Gasteiger partial charge in [-0.25, -0.2) is 4.39 Å². The molecule has 114 valence electrons. The summed E-state index contributed by atoms with van der Waals surface area (Å²) in [6.45, 7) is 1.50. The van der Waals surface area contributed by atoms with Gasteiger partial charge in [0.15, 0.2) is 0 Å². The molecule has 1 N–H and O–H groups in total. The van der Waals surface area contributed by atoms with Crippen molar-refractivity contribution >= 4 is 12.4 Å². The highest BCUT2D eigenvalue weighted by Gasteiger charge is 2.36. The lowest BCUT2D eigenvalue weighted by Crippen LogP contribution is -2.28. The van der Waals surface area contributed by atoms with Gasteiger partial charge in [0.2, 0.25) is 0 Å². The molecule has 0 aliphatic carbocycles. The molecule has 1 saturated heterocycles. The maximum Gasteiger partial charge on any atom is 0.419 e. The van der Waals surface area contributed by atoms with Gasteiger partial charge in [0.05, 0.1) is 12.7 Å². The number of benzene rings is 1. The molecule has 0 amide bonds. The molecule has 1 heterocycles. The third-order valence-corrected chi connectivity index (χ3v) is 3.36. The van der Waals surface area contributed by atoms with E-state index in [2.05, 4.69) is 5.32 Å². The van der Waals surface area contributed by atoms with Crippen LogP contribution in [0.25, 0.3) is 0 Å². The van der Waals surface area contributed by atoms with Crippen LogP contribution in [0.3, 0.4) is 0 Å². The van der Waals surface area contributed by atoms with E-state index in [1.165, 1.54) is 7.11 Å². The third kappa shape index (κ3) is 3.55. The number of piperidine rings is 1. The fourth-order valence-corrected chi connectivity index (χ4v) is 2.40. The summed E-state index contributed by atoms with van der Waals surface area (Å²) >= 11 is 0. The minimum atomic E-state index is -4.71. The van der Waals surface area contributed by atoms with Crippen LogP contribution in [0.5, 0.6) is 5.75 Å². The highest BCUT2D eigenvalue weighted by Crippen LogP contribution is 2.38. The predicted octanol–water partition coefficient (Wildman–Crippen LogP) is 3.74. The van der Waals surface area contributed by atoms with Crippen LogP contribution in [0.15, 0.2) is 12.1 Å². The van der Waals surface area contributed by atoms with Gasteiger partial charge in [-0.15, -0.1) is 12.4 Å². The zero-order valence-electron chi connectivity index (χ0n) is 10.9. The molecule has 1 aromatic rings. The largest absolute Gasteiger partial charge is 0.496 e. The highest BCUT2D eigenvalue weighted by molar-refractivity contribution is 5.85. The maximum atomic E-state index is 13.6. The van der Waals surface area contributed by atoms with Crippen molar-refractivity contribution in [3.05, 3.63) is 29.1 Å². The second kappa shape index (κ2) is 6.63. The Morgan fingerprint density at radius 3 is 2.50 bits per heavy atom. The number of halogens is 5. The Morgan fingerprint density at radius 2 is 2.00 bits per heavy atom. The molecule has 0 unspecified atom stereocenters. The lowest BCUT2D eigenvalue weighted by Gasteiger charge is -2.25. The zero-order valence-corrected chi connectivity index (χ0v) is 11.7. The molecule has 0 spiro atoms. The van der Waals surface area contributed by atoms with Crippen molar-refractivity contribution in [2.24, 2.45) is 0 Å².